The fourth-order valence-electron chi connectivity index (χ4n) is 4.70. The van der Waals surface area contributed by atoms with Crippen molar-refractivity contribution in [3.05, 3.63) is 104 Å². The van der Waals surface area contributed by atoms with Crippen LogP contribution in [0.15, 0.2) is 66.7 Å². The van der Waals surface area contributed by atoms with E-state index in [1.807, 2.05) is 30.3 Å². The Kier molecular flexibility index (Phi) is 3.69. The first kappa shape index (κ1) is 16.3. The SMILES string of the molecule is O=[N+]([O-])c1ccc2c(c1)[C@@H]1c3ccccc3C[C@H]1[C@H](c1ccccc1Cl)N2. The molecular weight excluding hydrogens is 360 g/mol. The molecule has 1 aliphatic heterocycles. The van der Waals surface area contributed by atoms with E-state index in [4.69, 9.17) is 11.6 Å². The molecule has 0 bridgehead atoms. The van der Waals surface area contributed by atoms with Gasteiger partial charge in [0.2, 0.25) is 0 Å². The minimum atomic E-state index is -0.323. The quantitative estimate of drug-likeness (QED) is 0.459. The van der Waals surface area contributed by atoms with Crippen molar-refractivity contribution in [3.63, 3.8) is 0 Å². The molecule has 0 spiro atoms. The van der Waals surface area contributed by atoms with Crippen LogP contribution in [-0.4, -0.2) is 4.92 Å². The highest BCUT2D eigenvalue weighted by molar-refractivity contribution is 6.31. The number of fused-ring (bicyclic) bond motifs is 5. The molecule has 4 nitrogen and oxygen atoms in total. The zero-order valence-corrected chi connectivity index (χ0v) is 15.2. The molecule has 0 saturated carbocycles. The van der Waals surface area contributed by atoms with Crippen molar-refractivity contribution in [2.75, 3.05) is 5.32 Å². The molecule has 5 rings (SSSR count). The van der Waals surface area contributed by atoms with Crippen LogP contribution in [0.3, 0.4) is 0 Å². The summed E-state index contributed by atoms with van der Waals surface area (Å²) in [6.45, 7) is 0. The van der Waals surface area contributed by atoms with Crippen molar-refractivity contribution in [2.24, 2.45) is 5.92 Å². The number of anilines is 1. The fraction of sp³-hybridized carbons (Fsp3) is 0.182. The van der Waals surface area contributed by atoms with Gasteiger partial charge in [-0.15, -0.1) is 0 Å². The Morgan fingerprint density at radius 2 is 1.70 bits per heavy atom. The van der Waals surface area contributed by atoms with Crippen molar-refractivity contribution < 1.29 is 4.92 Å². The maximum absolute atomic E-state index is 11.3. The molecule has 0 amide bonds. The van der Waals surface area contributed by atoms with Crippen LogP contribution in [0.1, 0.15) is 34.2 Å². The maximum Gasteiger partial charge on any atom is 0.269 e. The van der Waals surface area contributed by atoms with Crippen LogP contribution in [0, 0.1) is 16.0 Å². The zero-order chi connectivity index (χ0) is 18.5. The predicted octanol–water partition coefficient (Wildman–Crippen LogP) is 5.72. The van der Waals surface area contributed by atoms with Gasteiger partial charge in [0, 0.05) is 28.8 Å². The van der Waals surface area contributed by atoms with Crippen LogP contribution >= 0.6 is 11.6 Å². The molecule has 27 heavy (non-hydrogen) atoms. The number of nitrogens with zero attached hydrogens (tertiary/aromatic N) is 1. The molecule has 0 fully saturated rings. The first-order valence-corrected chi connectivity index (χ1v) is 9.38. The summed E-state index contributed by atoms with van der Waals surface area (Å²) in [4.78, 5) is 11.0. The summed E-state index contributed by atoms with van der Waals surface area (Å²) in [7, 11) is 0. The third kappa shape index (κ3) is 2.52. The topological polar surface area (TPSA) is 55.2 Å². The second-order valence-electron chi connectivity index (χ2n) is 7.22. The van der Waals surface area contributed by atoms with E-state index in [-0.39, 0.29) is 28.5 Å². The average molecular weight is 377 g/mol. The number of halogens is 1. The van der Waals surface area contributed by atoms with Gasteiger partial charge >= 0.3 is 0 Å². The molecule has 1 heterocycles. The smallest absolute Gasteiger partial charge is 0.269 e. The Morgan fingerprint density at radius 3 is 2.48 bits per heavy atom. The molecular formula is C22H17ClN2O2. The van der Waals surface area contributed by atoms with Gasteiger partial charge in [0.15, 0.2) is 0 Å². The van der Waals surface area contributed by atoms with Crippen LogP contribution in [-0.2, 0) is 6.42 Å². The summed E-state index contributed by atoms with van der Waals surface area (Å²) in [5.74, 6) is 0.385. The van der Waals surface area contributed by atoms with E-state index < -0.39 is 0 Å². The van der Waals surface area contributed by atoms with Crippen LogP contribution in [0.2, 0.25) is 5.02 Å². The molecule has 1 aliphatic carbocycles. The molecule has 0 aromatic heterocycles. The molecule has 2 aliphatic rings. The Morgan fingerprint density at radius 1 is 0.963 bits per heavy atom. The zero-order valence-electron chi connectivity index (χ0n) is 14.4. The van der Waals surface area contributed by atoms with E-state index in [1.54, 1.807) is 12.1 Å². The summed E-state index contributed by atoms with van der Waals surface area (Å²) in [6, 6.07) is 21.5. The van der Waals surface area contributed by atoms with Gasteiger partial charge in [-0.3, -0.25) is 10.1 Å². The summed E-state index contributed by atoms with van der Waals surface area (Å²) in [6.07, 6.45) is 0.922. The molecule has 0 saturated heterocycles. The largest absolute Gasteiger partial charge is 0.378 e. The first-order chi connectivity index (χ1) is 13.1. The minimum absolute atomic E-state index is 0.0602. The molecule has 5 heteroatoms. The highest BCUT2D eigenvalue weighted by atomic mass is 35.5. The lowest BCUT2D eigenvalue weighted by Gasteiger charge is -2.38. The van der Waals surface area contributed by atoms with E-state index >= 15 is 0 Å². The van der Waals surface area contributed by atoms with Crippen LogP contribution < -0.4 is 5.32 Å². The lowest BCUT2D eigenvalue weighted by atomic mass is 9.75. The van der Waals surface area contributed by atoms with Gasteiger partial charge in [-0.25, -0.2) is 0 Å². The average Bonchev–Trinajstić information content (AvgIpc) is 3.07. The summed E-state index contributed by atoms with van der Waals surface area (Å²) >= 11 is 6.52. The number of benzene rings is 3. The Labute approximate surface area is 161 Å². The summed E-state index contributed by atoms with van der Waals surface area (Å²) < 4.78 is 0. The standard InChI is InChI=1S/C22H17ClN2O2/c23-19-8-4-3-7-16(19)22-18-11-13-5-1-2-6-15(13)21(18)17-12-14(25(26)27)9-10-20(17)24-22/h1-10,12,18,21-22,24H,11H2/t18-,21+,22+/m1/s1. The second-order valence-corrected chi connectivity index (χ2v) is 7.62. The maximum atomic E-state index is 11.3. The van der Waals surface area contributed by atoms with E-state index in [1.165, 1.54) is 11.1 Å². The van der Waals surface area contributed by atoms with Crippen molar-refractivity contribution >= 4 is 23.0 Å². The van der Waals surface area contributed by atoms with Crippen molar-refractivity contribution in [1.29, 1.82) is 0 Å². The first-order valence-electron chi connectivity index (χ1n) is 9.00. The molecule has 3 aromatic carbocycles. The predicted molar refractivity (Wildman–Crippen MR) is 106 cm³/mol. The lowest BCUT2D eigenvalue weighted by molar-refractivity contribution is -0.384. The van der Waals surface area contributed by atoms with E-state index in [2.05, 4.69) is 29.6 Å². The lowest BCUT2D eigenvalue weighted by Crippen LogP contribution is -2.30. The van der Waals surface area contributed by atoms with Crippen molar-refractivity contribution in [2.45, 2.75) is 18.4 Å². The van der Waals surface area contributed by atoms with Gasteiger partial charge in [0.1, 0.15) is 0 Å². The molecule has 3 aromatic rings. The normalized spacial score (nSPS) is 22.3. The van der Waals surface area contributed by atoms with Crippen molar-refractivity contribution in [1.82, 2.24) is 0 Å². The number of nitro groups is 1. The highest BCUT2D eigenvalue weighted by Crippen LogP contribution is 2.54. The van der Waals surface area contributed by atoms with Gasteiger partial charge in [-0.1, -0.05) is 54.1 Å². The molecule has 0 unspecified atom stereocenters. The molecule has 134 valence electrons. The van der Waals surface area contributed by atoms with Gasteiger partial charge in [0.25, 0.3) is 5.69 Å². The van der Waals surface area contributed by atoms with Gasteiger partial charge < -0.3 is 5.32 Å². The number of rotatable bonds is 2. The third-order valence-corrected chi connectivity index (χ3v) is 6.18. The minimum Gasteiger partial charge on any atom is -0.378 e. The fourth-order valence-corrected chi connectivity index (χ4v) is 4.95. The number of nitro benzene ring substituents is 1. The van der Waals surface area contributed by atoms with Gasteiger partial charge in [-0.2, -0.15) is 0 Å². The number of nitrogens with one attached hydrogen (secondary N) is 1. The Balaban J connectivity index is 1.71. The van der Waals surface area contributed by atoms with Gasteiger partial charge in [-0.05, 0) is 46.7 Å². The number of hydrogen-bond acceptors (Lipinski definition) is 3. The monoisotopic (exact) mass is 376 g/mol. The van der Waals surface area contributed by atoms with E-state index in [0.29, 0.717) is 0 Å². The third-order valence-electron chi connectivity index (χ3n) is 5.83. The number of non-ortho nitro benzene ring substituents is 1. The summed E-state index contributed by atoms with van der Waals surface area (Å²) in [5, 5.41) is 15.7. The Bertz CT molecular complexity index is 1070. The van der Waals surface area contributed by atoms with Crippen LogP contribution in [0.4, 0.5) is 11.4 Å². The van der Waals surface area contributed by atoms with E-state index in [0.717, 1.165) is 28.3 Å². The molecule has 3 atom stereocenters. The van der Waals surface area contributed by atoms with Crippen LogP contribution in [0.25, 0.3) is 0 Å². The second kappa shape index (κ2) is 6.10. The molecule has 1 N–H and O–H groups in total. The number of hydrogen-bond donors (Lipinski definition) is 1. The molecule has 0 radical (unpaired) electrons. The van der Waals surface area contributed by atoms with E-state index in [9.17, 15) is 10.1 Å². The van der Waals surface area contributed by atoms with Crippen LogP contribution in [0.5, 0.6) is 0 Å². The van der Waals surface area contributed by atoms with Gasteiger partial charge in [0.05, 0.1) is 11.0 Å². The highest BCUT2D eigenvalue weighted by Gasteiger charge is 2.44. The summed E-state index contributed by atoms with van der Waals surface area (Å²) in [5.41, 5.74) is 5.74. The Hall–Kier alpha value is -2.85. The van der Waals surface area contributed by atoms with Crippen molar-refractivity contribution in [3.8, 4) is 0 Å².